The first-order chi connectivity index (χ1) is 7.58. The lowest BCUT2D eigenvalue weighted by molar-refractivity contribution is 0.0821. The van der Waals surface area contributed by atoms with Gasteiger partial charge in [0.1, 0.15) is 5.69 Å². The molecule has 1 heterocycles. The monoisotopic (exact) mass is 224 g/mol. The van der Waals surface area contributed by atoms with Crippen LogP contribution in [-0.2, 0) is 0 Å². The van der Waals surface area contributed by atoms with Crippen LogP contribution in [0.1, 0.15) is 23.3 Å². The molecule has 1 fully saturated rings. The normalized spacial score (nSPS) is 14.7. The van der Waals surface area contributed by atoms with Gasteiger partial charge in [0.2, 0.25) is 0 Å². The van der Waals surface area contributed by atoms with E-state index in [0.717, 1.165) is 18.9 Å². The third kappa shape index (κ3) is 2.29. The van der Waals surface area contributed by atoms with Crippen LogP contribution in [-0.4, -0.2) is 36.0 Å². The van der Waals surface area contributed by atoms with Crippen molar-refractivity contribution < 1.29 is 13.9 Å². The lowest BCUT2D eigenvalue weighted by atomic mass is 10.3. The lowest BCUT2D eigenvalue weighted by Gasteiger charge is -2.10. The number of hydrogen-bond acceptors (Lipinski definition) is 3. The Labute approximate surface area is 93.0 Å². The molecular weight excluding hydrogens is 211 g/mol. The molecule has 1 aromatic heterocycles. The van der Waals surface area contributed by atoms with E-state index in [1.54, 1.807) is 14.1 Å². The van der Waals surface area contributed by atoms with Crippen LogP contribution in [0.25, 0.3) is 0 Å². The van der Waals surface area contributed by atoms with Gasteiger partial charge in [0.05, 0.1) is 12.3 Å². The average Bonchev–Trinajstić information content (AvgIpc) is 3.03. The van der Waals surface area contributed by atoms with Crippen LogP contribution in [0.4, 0.5) is 4.39 Å². The molecule has 1 amide bonds. The summed E-state index contributed by atoms with van der Waals surface area (Å²) in [5.41, 5.74) is 0.0886. The molecule has 4 nitrogen and oxygen atoms in total. The van der Waals surface area contributed by atoms with Crippen LogP contribution in [0.15, 0.2) is 12.3 Å². The van der Waals surface area contributed by atoms with Crippen LogP contribution in [0.5, 0.6) is 5.75 Å². The van der Waals surface area contributed by atoms with E-state index in [-0.39, 0.29) is 23.5 Å². The van der Waals surface area contributed by atoms with Gasteiger partial charge >= 0.3 is 0 Å². The fourth-order valence-corrected chi connectivity index (χ4v) is 1.22. The Morgan fingerprint density at radius 2 is 2.25 bits per heavy atom. The molecule has 0 spiro atoms. The maximum absolute atomic E-state index is 13.5. The largest absolute Gasteiger partial charge is 0.486 e. The topological polar surface area (TPSA) is 42.4 Å². The van der Waals surface area contributed by atoms with Gasteiger partial charge < -0.3 is 9.64 Å². The molecule has 16 heavy (non-hydrogen) atoms. The summed E-state index contributed by atoms with van der Waals surface area (Å²) in [7, 11) is 3.19. The van der Waals surface area contributed by atoms with Crippen molar-refractivity contribution >= 4 is 5.91 Å². The molecule has 1 aliphatic carbocycles. The van der Waals surface area contributed by atoms with Gasteiger partial charge in [-0.15, -0.1) is 0 Å². The summed E-state index contributed by atoms with van der Waals surface area (Å²) in [4.78, 5) is 16.7. The summed E-state index contributed by atoms with van der Waals surface area (Å²) in [6, 6.07) is 1.11. The number of nitrogens with zero attached hydrogens (tertiary/aromatic N) is 2. The third-order valence-corrected chi connectivity index (χ3v) is 2.26. The number of carbonyl (C=O) groups is 1. The maximum atomic E-state index is 13.5. The highest BCUT2D eigenvalue weighted by atomic mass is 19.1. The summed E-state index contributed by atoms with van der Waals surface area (Å²) in [6.07, 6.45) is 3.30. The molecule has 0 aliphatic heterocycles. The second kappa shape index (κ2) is 4.08. The number of halogens is 1. The number of ether oxygens (including phenoxy) is 1. The number of hydrogen-bond donors (Lipinski definition) is 0. The molecule has 0 N–H and O–H groups in total. The fourth-order valence-electron chi connectivity index (χ4n) is 1.22. The minimum Gasteiger partial charge on any atom is -0.486 e. The summed E-state index contributed by atoms with van der Waals surface area (Å²) in [5.74, 6) is -0.734. The minimum absolute atomic E-state index is 0.0886. The van der Waals surface area contributed by atoms with E-state index in [4.69, 9.17) is 4.74 Å². The SMILES string of the molecule is CN(C)C(=O)c1cc(F)c(OC2CC2)cn1. The number of aromatic nitrogens is 1. The van der Waals surface area contributed by atoms with Gasteiger partial charge in [-0.2, -0.15) is 0 Å². The zero-order valence-corrected chi connectivity index (χ0v) is 9.24. The Balaban J connectivity index is 2.17. The van der Waals surface area contributed by atoms with Gasteiger partial charge in [-0.1, -0.05) is 0 Å². The van der Waals surface area contributed by atoms with E-state index in [1.165, 1.54) is 11.1 Å². The molecular formula is C11H13FN2O2. The molecule has 0 saturated heterocycles. The Morgan fingerprint density at radius 1 is 1.56 bits per heavy atom. The van der Waals surface area contributed by atoms with E-state index in [1.807, 2.05) is 0 Å². The Bertz CT molecular complexity index is 416. The number of rotatable bonds is 3. The van der Waals surface area contributed by atoms with Crippen molar-refractivity contribution in [3.05, 3.63) is 23.8 Å². The van der Waals surface area contributed by atoms with Crippen molar-refractivity contribution in [1.29, 1.82) is 0 Å². The summed E-state index contributed by atoms with van der Waals surface area (Å²) in [6.45, 7) is 0. The molecule has 1 aliphatic rings. The molecule has 5 heteroatoms. The predicted octanol–water partition coefficient (Wildman–Crippen LogP) is 1.46. The summed E-state index contributed by atoms with van der Waals surface area (Å²) in [5, 5.41) is 0. The van der Waals surface area contributed by atoms with Crippen LogP contribution in [0, 0.1) is 5.82 Å². The zero-order valence-electron chi connectivity index (χ0n) is 9.24. The molecule has 1 saturated carbocycles. The molecule has 1 aromatic rings. The van der Waals surface area contributed by atoms with Crippen molar-refractivity contribution in [2.45, 2.75) is 18.9 Å². The number of carbonyl (C=O) groups excluding carboxylic acids is 1. The van der Waals surface area contributed by atoms with E-state index in [2.05, 4.69) is 4.98 Å². The van der Waals surface area contributed by atoms with Crippen LogP contribution < -0.4 is 4.74 Å². The summed E-state index contributed by atoms with van der Waals surface area (Å²) < 4.78 is 18.8. The van der Waals surface area contributed by atoms with Gasteiger partial charge in [0, 0.05) is 20.2 Å². The summed E-state index contributed by atoms with van der Waals surface area (Å²) >= 11 is 0. The predicted molar refractivity (Wildman–Crippen MR) is 55.9 cm³/mol. The Hall–Kier alpha value is -1.65. The molecule has 86 valence electrons. The third-order valence-electron chi connectivity index (χ3n) is 2.26. The standard InChI is InChI=1S/C11H13FN2O2/c1-14(2)11(15)9-5-8(12)10(6-13-9)16-7-3-4-7/h5-7H,3-4H2,1-2H3. The van der Waals surface area contributed by atoms with Crippen molar-refractivity contribution in [2.24, 2.45) is 0 Å². The molecule has 0 radical (unpaired) electrons. The zero-order chi connectivity index (χ0) is 11.7. The van der Waals surface area contributed by atoms with Gasteiger partial charge in [0.15, 0.2) is 11.6 Å². The lowest BCUT2D eigenvalue weighted by Crippen LogP contribution is -2.23. The molecule has 0 unspecified atom stereocenters. The van der Waals surface area contributed by atoms with E-state index in [9.17, 15) is 9.18 Å². The van der Waals surface area contributed by atoms with Crippen molar-refractivity contribution in [3.8, 4) is 5.75 Å². The smallest absolute Gasteiger partial charge is 0.272 e. The average molecular weight is 224 g/mol. The highest BCUT2D eigenvalue weighted by Gasteiger charge is 2.25. The second-order valence-corrected chi connectivity index (χ2v) is 4.02. The number of pyridine rings is 1. The van der Waals surface area contributed by atoms with Gasteiger partial charge in [0.25, 0.3) is 5.91 Å². The first kappa shape index (κ1) is 10.9. The Morgan fingerprint density at radius 3 is 2.75 bits per heavy atom. The van der Waals surface area contributed by atoms with E-state index >= 15 is 0 Å². The highest BCUT2D eigenvalue weighted by Crippen LogP contribution is 2.28. The van der Waals surface area contributed by atoms with Gasteiger partial charge in [-0.3, -0.25) is 4.79 Å². The maximum Gasteiger partial charge on any atom is 0.272 e. The molecule has 0 bridgehead atoms. The van der Waals surface area contributed by atoms with Crippen LogP contribution >= 0.6 is 0 Å². The van der Waals surface area contributed by atoms with E-state index < -0.39 is 5.82 Å². The molecule has 0 atom stereocenters. The highest BCUT2D eigenvalue weighted by molar-refractivity contribution is 5.91. The molecule has 0 aromatic carbocycles. The van der Waals surface area contributed by atoms with Gasteiger partial charge in [-0.25, -0.2) is 9.37 Å². The first-order valence-corrected chi connectivity index (χ1v) is 5.12. The van der Waals surface area contributed by atoms with Crippen molar-refractivity contribution in [3.63, 3.8) is 0 Å². The molecule has 2 rings (SSSR count). The minimum atomic E-state index is -0.535. The van der Waals surface area contributed by atoms with E-state index in [0.29, 0.717) is 0 Å². The van der Waals surface area contributed by atoms with Crippen LogP contribution in [0.3, 0.4) is 0 Å². The Kier molecular flexibility index (Phi) is 2.77. The number of amides is 1. The van der Waals surface area contributed by atoms with Crippen molar-refractivity contribution in [1.82, 2.24) is 9.88 Å². The second-order valence-electron chi connectivity index (χ2n) is 4.02. The van der Waals surface area contributed by atoms with Gasteiger partial charge in [-0.05, 0) is 12.8 Å². The van der Waals surface area contributed by atoms with Crippen molar-refractivity contribution in [2.75, 3.05) is 14.1 Å². The van der Waals surface area contributed by atoms with Crippen LogP contribution in [0.2, 0.25) is 0 Å². The quantitative estimate of drug-likeness (QED) is 0.780. The first-order valence-electron chi connectivity index (χ1n) is 5.12. The fraction of sp³-hybridized carbons (Fsp3) is 0.455.